The fourth-order valence-corrected chi connectivity index (χ4v) is 8.98. The van der Waals surface area contributed by atoms with Crippen molar-refractivity contribution in [1.29, 1.82) is 0 Å². The largest absolute Gasteiger partial charge is 0.456 e. The van der Waals surface area contributed by atoms with Gasteiger partial charge < -0.3 is 13.4 Å². The third kappa shape index (κ3) is 4.44. The minimum atomic E-state index is 0.851. The van der Waals surface area contributed by atoms with Gasteiger partial charge in [0.2, 0.25) is 0 Å². The molecule has 0 atom stereocenters. The summed E-state index contributed by atoms with van der Waals surface area (Å²) in [5.41, 5.74) is 11.9. The molecule has 3 heteroatoms. The Morgan fingerprint density at radius 1 is 0.345 bits per heavy atom. The van der Waals surface area contributed by atoms with Crippen molar-refractivity contribution in [3.8, 4) is 39.3 Å². The molecule has 55 heavy (non-hydrogen) atoms. The number of para-hydroxylation sites is 3. The molecule has 0 fully saturated rings. The van der Waals surface area contributed by atoms with E-state index in [1.165, 1.54) is 60.0 Å². The van der Waals surface area contributed by atoms with Crippen molar-refractivity contribution in [2.24, 2.45) is 0 Å². The molecule has 0 saturated carbocycles. The summed E-state index contributed by atoms with van der Waals surface area (Å²) in [7, 11) is 0. The van der Waals surface area contributed by atoms with E-state index in [0.29, 0.717) is 0 Å². The highest BCUT2D eigenvalue weighted by Crippen LogP contribution is 2.48. The molecule has 12 rings (SSSR count). The third-order valence-electron chi connectivity index (χ3n) is 11.4. The molecule has 3 nitrogen and oxygen atoms in total. The Morgan fingerprint density at radius 3 is 1.71 bits per heavy atom. The highest BCUT2D eigenvalue weighted by atomic mass is 16.3. The van der Waals surface area contributed by atoms with Crippen LogP contribution in [0.2, 0.25) is 0 Å². The van der Waals surface area contributed by atoms with Crippen LogP contribution >= 0.6 is 0 Å². The molecule has 0 saturated heterocycles. The van der Waals surface area contributed by atoms with Crippen molar-refractivity contribution < 1.29 is 8.83 Å². The van der Waals surface area contributed by atoms with Gasteiger partial charge in [0.25, 0.3) is 0 Å². The standard InChI is InChI=1S/C52H31NO2/c1-3-14-32(15-4-1)47-29-34-30-49-44(31-48(34)54-47)41-23-13-24-42(52(41)55-49)51-39-21-9-7-19-37(39)50(38-20-8-10-22-40(38)51)33-26-27-46-43(28-33)36-18-11-12-25-45(36)53(46)35-16-5-2-6-17-35/h1-31H. The monoisotopic (exact) mass is 701 g/mol. The van der Waals surface area contributed by atoms with E-state index in [2.05, 4.69) is 174 Å². The number of hydrogen-bond acceptors (Lipinski definition) is 2. The van der Waals surface area contributed by atoms with Crippen LogP contribution in [0.1, 0.15) is 0 Å². The summed E-state index contributed by atoms with van der Waals surface area (Å²) in [6.45, 7) is 0. The highest BCUT2D eigenvalue weighted by Gasteiger charge is 2.22. The van der Waals surface area contributed by atoms with E-state index in [1.54, 1.807) is 0 Å². The average molecular weight is 702 g/mol. The van der Waals surface area contributed by atoms with Gasteiger partial charge in [-0.1, -0.05) is 140 Å². The van der Waals surface area contributed by atoms with Crippen molar-refractivity contribution in [2.45, 2.75) is 0 Å². The van der Waals surface area contributed by atoms with Crippen LogP contribution < -0.4 is 0 Å². The highest BCUT2D eigenvalue weighted by molar-refractivity contribution is 6.25. The zero-order chi connectivity index (χ0) is 36.0. The fourth-order valence-electron chi connectivity index (χ4n) is 8.98. The molecule has 0 amide bonds. The maximum absolute atomic E-state index is 6.86. The van der Waals surface area contributed by atoms with Crippen LogP contribution in [0.25, 0.3) is 116 Å². The van der Waals surface area contributed by atoms with E-state index in [1.807, 2.05) is 18.2 Å². The Morgan fingerprint density at radius 2 is 0.964 bits per heavy atom. The molecule has 256 valence electrons. The minimum absolute atomic E-state index is 0.851. The Bertz CT molecular complexity index is 3420. The lowest BCUT2D eigenvalue weighted by atomic mass is 9.85. The first-order chi connectivity index (χ1) is 27.3. The number of furan rings is 2. The smallest absolute Gasteiger partial charge is 0.143 e. The van der Waals surface area contributed by atoms with Gasteiger partial charge in [-0.3, -0.25) is 0 Å². The lowest BCUT2D eigenvalue weighted by molar-refractivity contribution is 0.631. The average Bonchev–Trinajstić information content (AvgIpc) is 3.94. The van der Waals surface area contributed by atoms with Gasteiger partial charge in [0.05, 0.1) is 11.0 Å². The van der Waals surface area contributed by atoms with Crippen molar-refractivity contribution in [2.75, 3.05) is 0 Å². The first-order valence-corrected chi connectivity index (χ1v) is 18.8. The zero-order valence-corrected chi connectivity index (χ0v) is 29.7. The predicted molar refractivity (Wildman–Crippen MR) is 229 cm³/mol. The van der Waals surface area contributed by atoms with E-state index < -0.39 is 0 Å². The maximum Gasteiger partial charge on any atom is 0.143 e. The van der Waals surface area contributed by atoms with Gasteiger partial charge in [-0.05, 0) is 81.2 Å². The molecule has 0 aliphatic carbocycles. The Balaban J connectivity index is 1.09. The van der Waals surface area contributed by atoms with Gasteiger partial charge in [0.15, 0.2) is 0 Å². The zero-order valence-electron chi connectivity index (χ0n) is 29.7. The normalized spacial score (nSPS) is 12.0. The molecule has 0 bridgehead atoms. The van der Waals surface area contributed by atoms with Crippen LogP contribution in [0.5, 0.6) is 0 Å². The van der Waals surface area contributed by atoms with Gasteiger partial charge in [-0.25, -0.2) is 0 Å². The summed E-state index contributed by atoms with van der Waals surface area (Å²) in [4.78, 5) is 0. The second kappa shape index (κ2) is 11.6. The summed E-state index contributed by atoms with van der Waals surface area (Å²) < 4.78 is 15.6. The molecule has 0 radical (unpaired) electrons. The van der Waals surface area contributed by atoms with E-state index in [0.717, 1.165) is 55.5 Å². The molecule has 9 aromatic carbocycles. The summed E-state index contributed by atoms with van der Waals surface area (Å²) in [5, 5.41) is 10.4. The van der Waals surface area contributed by atoms with Crippen LogP contribution in [0.4, 0.5) is 0 Å². The van der Waals surface area contributed by atoms with Gasteiger partial charge in [-0.2, -0.15) is 0 Å². The number of aromatic nitrogens is 1. The Hall–Kier alpha value is -7.36. The molecule has 12 aromatic rings. The SMILES string of the molecule is c1ccc(-c2cc3cc4oc5c(-c6c7ccccc7c(-c7ccc8c(c7)c7ccccc7n8-c7ccccc7)c7ccccc67)cccc5c4cc3o2)cc1. The molecule has 0 aliphatic rings. The molecule has 0 aliphatic heterocycles. The van der Waals surface area contributed by atoms with E-state index in [9.17, 15) is 0 Å². The van der Waals surface area contributed by atoms with Crippen LogP contribution in [0.3, 0.4) is 0 Å². The summed E-state index contributed by atoms with van der Waals surface area (Å²) in [6, 6.07) is 67.2. The van der Waals surface area contributed by atoms with E-state index in [-0.39, 0.29) is 0 Å². The van der Waals surface area contributed by atoms with Crippen molar-refractivity contribution >= 4 is 76.3 Å². The van der Waals surface area contributed by atoms with Gasteiger partial charge in [0, 0.05) is 49.3 Å². The van der Waals surface area contributed by atoms with Crippen molar-refractivity contribution in [3.63, 3.8) is 0 Å². The molecule has 3 aromatic heterocycles. The lowest BCUT2D eigenvalue weighted by Crippen LogP contribution is -1.93. The fraction of sp³-hybridized carbons (Fsp3) is 0. The first kappa shape index (κ1) is 30.1. The van der Waals surface area contributed by atoms with E-state index >= 15 is 0 Å². The molecule has 0 spiro atoms. The molecular formula is C52H31NO2. The van der Waals surface area contributed by atoms with Crippen LogP contribution in [-0.4, -0.2) is 4.57 Å². The number of hydrogen-bond donors (Lipinski definition) is 0. The molecular weight excluding hydrogens is 671 g/mol. The number of rotatable bonds is 4. The maximum atomic E-state index is 6.86. The third-order valence-corrected chi connectivity index (χ3v) is 11.4. The van der Waals surface area contributed by atoms with E-state index in [4.69, 9.17) is 8.83 Å². The van der Waals surface area contributed by atoms with Gasteiger partial charge in [-0.15, -0.1) is 0 Å². The molecule has 3 heterocycles. The van der Waals surface area contributed by atoms with Crippen LogP contribution in [0.15, 0.2) is 197 Å². The van der Waals surface area contributed by atoms with Gasteiger partial charge >= 0.3 is 0 Å². The van der Waals surface area contributed by atoms with Crippen LogP contribution in [0, 0.1) is 0 Å². The second-order valence-corrected chi connectivity index (χ2v) is 14.4. The Labute approximate surface area is 315 Å². The Kier molecular flexibility index (Phi) is 6.34. The van der Waals surface area contributed by atoms with Crippen molar-refractivity contribution in [1.82, 2.24) is 4.57 Å². The number of benzene rings is 9. The quantitative estimate of drug-likeness (QED) is 0.171. The first-order valence-electron chi connectivity index (χ1n) is 18.8. The molecule has 0 N–H and O–H groups in total. The van der Waals surface area contributed by atoms with Crippen LogP contribution in [-0.2, 0) is 0 Å². The summed E-state index contributed by atoms with van der Waals surface area (Å²) in [6.07, 6.45) is 0. The van der Waals surface area contributed by atoms with Crippen molar-refractivity contribution in [3.05, 3.63) is 188 Å². The lowest BCUT2D eigenvalue weighted by Gasteiger charge is -2.18. The number of fused-ring (bicyclic) bond motifs is 9. The van der Waals surface area contributed by atoms with Gasteiger partial charge in [0.1, 0.15) is 22.5 Å². The summed E-state index contributed by atoms with van der Waals surface area (Å²) in [5.74, 6) is 0.854. The minimum Gasteiger partial charge on any atom is -0.456 e. The molecule has 0 unspecified atom stereocenters. The number of nitrogens with zero attached hydrogens (tertiary/aromatic N) is 1. The topological polar surface area (TPSA) is 31.2 Å². The summed E-state index contributed by atoms with van der Waals surface area (Å²) >= 11 is 0. The second-order valence-electron chi connectivity index (χ2n) is 14.4. The predicted octanol–water partition coefficient (Wildman–Crippen LogP) is 14.7.